The Bertz CT molecular complexity index is 413. The highest BCUT2D eigenvalue weighted by Crippen LogP contribution is 2.27. The van der Waals surface area contributed by atoms with Crippen LogP contribution < -0.4 is 0 Å². The molecule has 0 aliphatic carbocycles. The van der Waals surface area contributed by atoms with Crippen molar-refractivity contribution in [3.05, 3.63) is 33.8 Å². The Balaban J connectivity index is 2.97. The maximum absolute atomic E-state index is 10.9. The Morgan fingerprint density at radius 1 is 1.47 bits per heavy atom. The van der Waals surface area contributed by atoms with E-state index in [-0.39, 0.29) is 5.41 Å². The van der Waals surface area contributed by atoms with E-state index in [1.54, 1.807) is 25.3 Å². The molecule has 0 bridgehead atoms. The van der Waals surface area contributed by atoms with E-state index in [0.717, 1.165) is 16.5 Å². The van der Waals surface area contributed by atoms with Crippen LogP contribution in [0.3, 0.4) is 0 Å². The SMILES string of the molecule is COCC(C)(C)Cc1cc(C(=O)O)ccc1Br. The van der Waals surface area contributed by atoms with Crippen LogP contribution in [0.25, 0.3) is 0 Å². The molecule has 1 aromatic carbocycles. The first-order chi connectivity index (χ1) is 7.85. The standard InChI is InChI=1S/C13H17BrO3/c1-13(2,8-17-3)7-10-6-9(12(15)16)4-5-11(10)14/h4-6H,7-8H2,1-3H3,(H,15,16). The second-order valence-corrected chi connectivity index (χ2v) is 5.74. The van der Waals surface area contributed by atoms with Gasteiger partial charge < -0.3 is 9.84 Å². The number of carboxylic acid groups (broad SMARTS) is 1. The molecule has 0 spiro atoms. The molecule has 0 heterocycles. The molecule has 0 saturated heterocycles. The number of ether oxygens (including phenoxy) is 1. The normalized spacial score (nSPS) is 11.5. The number of methoxy groups -OCH3 is 1. The van der Waals surface area contributed by atoms with Gasteiger partial charge >= 0.3 is 5.97 Å². The summed E-state index contributed by atoms with van der Waals surface area (Å²) in [4.78, 5) is 10.9. The van der Waals surface area contributed by atoms with E-state index in [1.807, 2.05) is 0 Å². The summed E-state index contributed by atoms with van der Waals surface area (Å²) >= 11 is 3.45. The maximum atomic E-state index is 10.9. The van der Waals surface area contributed by atoms with Crippen LogP contribution in [-0.4, -0.2) is 24.8 Å². The molecular formula is C13H17BrO3. The molecule has 1 N–H and O–H groups in total. The molecule has 94 valence electrons. The molecule has 0 fully saturated rings. The van der Waals surface area contributed by atoms with Crippen LogP contribution in [0.1, 0.15) is 29.8 Å². The monoisotopic (exact) mass is 300 g/mol. The van der Waals surface area contributed by atoms with E-state index in [1.165, 1.54) is 0 Å². The molecule has 0 aromatic heterocycles. The first-order valence-electron chi connectivity index (χ1n) is 5.36. The second kappa shape index (κ2) is 5.65. The van der Waals surface area contributed by atoms with Gasteiger partial charge in [0, 0.05) is 11.6 Å². The van der Waals surface area contributed by atoms with Gasteiger partial charge in [-0.05, 0) is 35.6 Å². The fourth-order valence-electron chi connectivity index (χ4n) is 1.80. The van der Waals surface area contributed by atoms with E-state index in [0.29, 0.717) is 12.2 Å². The first-order valence-corrected chi connectivity index (χ1v) is 6.16. The summed E-state index contributed by atoms with van der Waals surface area (Å²) in [5.41, 5.74) is 1.29. The van der Waals surface area contributed by atoms with Crippen molar-refractivity contribution in [2.45, 2.75) is 20.3 Å². The maximum Gasteiger partial charge on any atom is 0.335 e. The van der Waals surface area contributed by atoms with E-state index < -0.39 is 5.97 Å². The summed E-state index contributed by atoms with van der Waals surface area (Å²) in [7, 11) is 1.67. The number of carboxylic acids is 1. The van der Waals surface area contributed by atoms with Crippen molar-refractivity contribution < 1.29 is 14.6 Å². The zero-order valence-corrected chi connectivity index (χ0v) is 11.9. The van der Waals surface area contributed by atoms with Gasteiger partial charge in [0.25, 0.3) is 0 Å². The predicted octanol–water partition coefficient (Wildman–Crippen LogP) is 3.36. The van der Waals surface area contributed by atoms with Gasteiger partial charge in [0.2, 0.25) is 0 Å². The number of halogens is 1. The third kappa shape index (κ3) is 4.13. The lowest BCUT2D eigenvalue weighted by atomic mass is 9.86. The molecule has 17 heavy (non-hydrogen) atoms. The molecule has 0 radical (unpaired) electrons. The molecule has 0 unspecified atom stereocenters. The van der Waals surface area contributed by atoms with Gasteiger partial charge in [-0.25, -0.2) is 4.79 Å². The predicted molar refractivity (Wildman–Crippen MR) is 70.5 cm³/mol. The largest absolute Gasteiger partial charge is 0.478 e. The average molecular weight is 301 g/mol. The van der Waals surface area contributed by atoms with E-state index in [9.17, 15) is 4.79 Å². The summed E-state index contributed by atoms with van der Waals surface area (Å²) in [6, 6.07) is 5.09. The van der Waals surface area contributed by atoms with E-state index in [4.69, 9.17) is 9.84 Å². The molecule has 1 rings (SSSR count). The number of rotatable bonds is 5. The van der Waals surface area contributed by atoms with E-state index in [2.05, 4.69) is 29.8 Å². The Morgan fingerprint density at radius 3 is 2.65 bits per heavy atom. The fraction of sp³-hybridized carbons (Fsp3) is 0.462. The Hall–Kier alpha value is -0.870. The number of hydrogen-bond acceptors (Lipinski definition) is 2. The Kier molecular flexibility index (Phi) is 4.71. The van der Waals surface area contributed by atoms with Crippen molar-refractivity contribution >= 4 is 21.9 Å². The third-order valence-electron chi connectivity index (χ3n) is 2.50. The van der Waals surface area contributed by atoms with Gasteiger partial charge in [-0.1, -0.05) is 29.8 Å². The molecule has 4 heteroatoms. The van der Waals surface area contributed by atoms with Gasteiger partial charge in [0.1, 0.15) is 0 Å². The second-order valence-electron chi connectivity index (χ2n) is 4.89. The summed E-state index contributed by atoms with van der Waals surface area (Å²) < 4.78 is 6.10. The minimum atomic E-state index is -0.900. The molecule has 0 aliphatic rings. The zero-order chi connectivity index (χ0) is 13.1. The zero-order valence-electron chi connectivity index (χ0n) is 10.3. The first kappa shape index (κ1) is 14.2. The van der Waals surface area contributed by atoms with Crippen LogP contribution in [0.4, 0.5) is 0 Å². The van der Waals surface area contributed by atoms with Gasteiger partial charge in [0.05, 0.1) is 12.2 Å². The minimum Gasteiger partial charge on any atom is -0.478 e. The molecule has 0 atom stereocenters. The number of hydrogen-bond donors (Lipinski definition) is 1. The number of aromatic carboxylic acids is 1. The highest BCUT2D eigenvalue weighted by atomic mass is 79.9. The van der Waals surface area contributed by atoms with Gasteiger partial charge in [0.15, 0.2) is 0 Å². The third-order valence-corrected chi connectivity index (χ3v) is 3.27. The van der Waals surface area contributed by atoms with Crippen molar-refractivity contribution in [3.63, 3.8) is 0 Å². The smallest absolute Gasteiger partial charge is 0.335 e. The summed E-state index contributed by atoms with van der Waals surface area (Å²) in [6.45, 7) is 4.82. The van der Waals surface area contributed by atoms with Crippen molar-refractivity contribution in [2.75, 3.05) is 13.7 Å². The summed E-state index contributed by atoms with van der Waals surface area (Å²) in [6.07, 6.45) is 0.766. The minimum absolute atomic E-state index is 0.0194. The lowest BCUT2D eigenvalue weighted by Gasteiger charge is -2.24. The quantitative estimate of drug-likeness (QED) is 0.907. The van der Waals surface area contributed by atoms with Crippen LogP contribution in [0.15, 0.2) is 22.7 Å². The average Bonchev–Trinajstić information content (AvgIpc) is 2.20. The lowest BCUT2D eigenvalue weighted by molar-refractivity contribution is 0.0696. The van der Waals surface area contributed by atoms with Gasteiger partial charge in [-0.2, -0.15) is 0 Å². The van der Waals surface area contributed by atoms with Crippen molar-refractivity contribution in [2.24, 2.45) is 5.41 Å². The van der Waals surface area contributed by atoms with Gasteiger partial charge in [-0.15, -0.1) is 0 Å². The van der Waals surface area contributed by atoms with Crippen molar-refractivity contribution in [3.8, 4) is 0 Å². The molecule has 0 aliphatic heterocycles. The molecule has 1 aromatic rings. The highest BCUT2D eigenvalue weighted by molar-refractivity contribution is 9.10. The van der Waals surface area contributed by atoms with Crippen LogP contribution in [0, 0.1) is 5.41 Å². The fourth-order valence-corrected chi connectivity index (χ4v) is 2.19. The van der Waals surface area contributed by atoms with Crippen LogP contribution >= 0.6 is 15.9 Å². The topological polar surface area (TPSA) is 46.5 Å². The van der Waals surface area contributed by atoms with Crippen LogP contribution in [-0.2, 0) is 11.2 Å². The number of benzene rings is 1. The highest BCUT2D eigenvalue weighted by Gasteiger charge is 2.20. The molecular weight excluding hydrogens is 284 g/mol. The van der Waals surface area contributed by atoms with Gasteiger partial charge in [-0.3, -0.25) is 0 Å². The Labute approximate surface area is 110 Å². The van der Waals surface area contributed by atoms with Crippen LogP contribution in [0.5, 0.6) is 0 Å². The van der Waals surface area contributed by atoms with E-state index >= 15 is 0 Å². The summed E-state index contributed by atoms with van der Waals surface area (Å²) in [5, 5.41) is 8.96. The Morgan fingerprint density at radius 2 is 2.12 bits per heavy atom. The molecule has 3 nitrogen and oxygen atoms in total. The molecule has 0 saturated carbocycles. The van der Waals surface area contributed by atoms with Crippen molar-refractivity contribution in [1.82, 2.24) is 0 Å². The number of carbonyl (C=O) groups is 1. The van der Waals surface area contributed by atoms with Crippen LogP contribution in [0.2, 0.25) is 0 Å². The molecule has 0 amide bonds. The lowest BCUT2D eigenvalue weighted by Crippen LogP contribution is -2.21. The summed E-state index contributed by atoms with van der Waals surface area (Å²) in [5.74, 6) is -0.900. The van der Waals surface area contributed by atoms with Crippen molar-refractivity contribution in [1.29, 1.82) is 0 Å².